The number of β-amino-alcohol motifs (C(OH)–C–C–N with tert-alkyl or cyclic N) is 1. The second-order valence-corrected chi connectivity index (χ2v) is 9.09. The van der Waals surface area contributed by atoms with E-state index in [-0.39, 0.29) is 19.0 Å². The molecule has 0 aliphatic carbocycles. The van der Waals surface area contributed by atoms with Gasteiger partial charge in [0.25, 0.3) is 0 Å². The third-order valence-electron chi connectivity index (χ3n) is 6.10. The number of ether oxygens (including phenoxy) is 4. The van der Waals surface area contributed by atoms with Crippen molar-refractivity contribution in [2.24, 2.45) is 0 Å². The highest BCUT2D eigenvalue weighted by Crippen LogP contribution is 2.29. The van der Waals surface area contributed by atoms with E-state index in [0.29, 0.717) is 50.1 Å². The molecule has 1 saturated heterocycles. The van der Waals surface area contributed by atoms with Gasteiger partial charge < -0.3 is 28.6 Å². The highest BCUT2D eigenvalue weighted by atomic mass is 19.1. The number of aryl methyl sites for hydroxylation is 2. The molecular weight excluding hydrogens is 465 g/mol. The van der Waals surface area contributed by atoms with Crippen molar-refractivity contribution in [2.75, 3.05) is 46.6 Å². The molecule has 1 fully saturated rings. The summed E-state index contributed by atoms with van der Waals surface area (Å²) in [6.45, 7) is 5.62. The third kappa shape index (κ3) is 7.19. The maximum absolute atomic E-state index is 13.5. The zero-order chi connectivity index (χ0) is 25.4. The van der Waals surface area contributed by atoms with Crippen LogP contribution in [0.1, 0.15) is 17.8 Å². The van der Waals surface area contributed by atoms with Gasteiger partial charge >= 0.3 is 0 Å². The van der Waals surface area contributed by atoms with Crippen LogP contribution in [0.3, 0.4) is 0 Å². The fourth-order valence-electron chi connectivity index (χ4n) is 4.24. The molecule has 0 unspecified atom stereocenters. The van der Waals surface area contributed by atoms with Gasteiger partial charge in [-0.15, -0.1) is 0 Å². The van der Waals surface area contributed by atoms with Gasteiger partial charge in [-0.25, -0.2) is 9.37 Å². The predicted octanol–water partition coefficient (Wildman–Crippen LogP) is 3.45. The molecule has 2 heterocycles. The first-order chi connectivity index (χ1) is 17.4. The molecule has 8 nitrogen and oxygen atoms in total. The molecule has 1 N–H and O–H groups in total. The van der Waals surface area contributed by atoms with Gasteiger partial charge in [0, 0.05) is 44.6 Å². The molecular formula is C27H34FN3O5. The largest absolute Gasteiger partial charge is 0.493 e. The summed E-state index contributed by atoms with van der Waals surface area (Å²) in [6.07, 6.45) is 4.60. The maximum atomic E-state index is 13.5. The Morgan fingerprint density at radius 1 is 1.17 bits per heavy atom. The zero-order valence-electron chi connectivity index (χ0n) is 20.9. The number of hydrogen-bond acceptors (Lipinski definition) is 7. The van der Waals surface area contributed by atoms with Crippen molar-refractivity contribution >= 4 is 0 Å². The van der Waals surface area contributed by atoms with Crippen LogP contribution in [0.25, 0.3) is 0 Å². The van der Waals surface area contributed by atoms with Gasteiger partial charge in [-0.1, -0.05) is 12.1 Å². The quantitative estimate of drug-likeness (QED) is 0.405. The normalized spacial score (nSPS) is 18.6. The van der Waals surface area contributed by atoms with Crippen molar-refractivity contribution in [3.63, 3.8) is 0 Å². The highest BCUT2D eigenvalue weighted by Gasteiger charge is 2.33. The van der Waals surface area contributed by atoms with E-state index < -0.39 is 5.60 Å². The average molecular weight is 500 g/mol. The first-order valence-electron chi connectivity index (χ1n) is 12.1. The second kappa shape index (κ2) is 12.2. The average Bonchev–Trinajstić information content (AvgIpc) is 3.18. The smallest absolute Gasteiger partial charge is 0.161 e. The van der Waals surface area contributed by atoms with Crippen molar-refractivity contribution in [3.8, 4) is 17.2 Å². The Balaban J connectivity index is 1.35. The maximum Gasteiger partial charge on any atom is 0.161 e. The molecule has 0 radical (unpaired) electrons. The van der Waals surface area contributed by atoms with Crippen LogP contribution in [0.2, 0.25) is 0 Å². The van der Waals surface area contributed by atoms with Crippen LogP contribution in [0.15, 0.2) is 54.9 Å². The summed E-state index contributed by atoms with van der Waals surface area (Å²) in [5.74, 6) is 2.34. The van der Waals surface area contributed by atoms with Crippen molar-refractivity contribution in [2.45, 2.75) is 32.0 Å². The second-order valence-electron chi connectivity index (χ2n) is 9.09. The minimum atomic E-state index is -1.22. The fraction of sp³-hybridized carbons (Fsp3) is 0.444. The molecule has 0 spiro atoms. The summed E-state index contributed by atoms with van der Waals surface area (Å²) in [6, 6.07) is 11.8. The Morgan fingerprint density at radius 2 is 2.06 bits per heavy atom. The fourth-order valence-corrected chi connectivity index (χ4v) is 4.24. The molecule has 0 bridgehead atoms. The van der Waals surface area contributed by atoms with Gasteiger partial charge in [-0.05, 0) is 43.2 Å². The predicted molar refractivity (Wildman–Crippen MR) is 133 cm³/mol. The number of rotatable bonds is 11. The number of imidazole rings is 1. The number of aliphatic hydroxyl groups is 1. The molecule has 3 aromatic rings. The number of hydrogen-bond donors (Lipinski definition) is 1. The SMILES string of the molecule is COc1ccc(CN2CCOC[C@](O)(COc3cccc(F)c3)C2)cc1OCCCn1ccnc1C. The van der Waals surface area contributed by atoms with E-state index in [2.05, 4.69) is 14.5 Å². The Morgan fingerprint density at radius 3 is 2.83 bits per heavy atom. The Labute approximate surface area is 211 Å². The Hall–Kier alpha value is -3.14. The number of aromatic nitrogens is 2. The molecule has 2 aromatic carbocycles. The van der Waals surface area contributed by atoms with E-state index in [9.17, 15) is 9.50 Å². The molecule has 194 valence electrons. The highest BCUT2D eigenvalue weighted by molar-refractivity contribution is 5.43. The number of methoxy groups -OCH3 is 1. The van der Waals surface area contributed by atoms with Crippen molar-refractivity contribution in [3.05, 3.63) is 72.1 Å². The van der Waals surface area contributed by atoms with Crippen LogP contribution in [-0.4, -0.2) is 71.8 Å². The number of benzene rings is 2. The topological polar surface area (TPSA) is 78.2 Å². The first kappa shape index (κ1) is 25.9. The van der Waals surface area contributed by atoms with Gasteiger partial charge in [0.05, 0.1) is 26.9 Å². The van der Waals surface area contributed by atoms with Gasteiger partial charge in [-0.3, -0.25) is 4.90 Å². The van der Waals surface area contributed by atoms with Crippen LogP contribution >= 0.6 is 0 Å². The molecule has 1 aliphatic rings. The summed E-state index contributed by atoms with van der Waals surface area (Å²) in [7, 11) is 1.63. The standard InChI is InChI=1S/C27H34FN3O5/c1-21-29-9-11-31(21)10-4-13-35-26-15-22(7-8-25(26)33-2)17-30-12-14-34-19-27(32,18-30)20-36-24-6-3-5-23(28)16-24/h3,5-9,11,15-16,32H,4,10,12-14,17-20H2,1-2H3/t27-/m0/s1. The Kier molecular flexibility index (Phi) is 8.79. The monoisotopic (exact) mass is 499 g/mol. The van der Waals surface area contributed by atoms with Crippen LogP contribution in [0.5, 0.6) is 17.2 Å². The van der Waals surface area contributed by atoms with Gasteiger partial charge in [0.1, 0.15) is 29.6 Å². The first-order valence-corrected chi connectivity index (χ1v) is 12.1. The minimum Gasteiger partial charge on any atom is -0.493 e. The van der Waals surface area contributed by atoms with Gasteiger partial charge in [-0.2, -0.15) is 0 Å². The van der Waals surface area contributed by atoms with E-state index in [0.717, 1.165) is 24.4 Å². The number of halogens is 1. The molecule has 1 aliphatic heterocycles. The van der Waals surface area contributed by atoms with E-state index in [1.165, 1.54) is 12.1 Å². The molecule has 0 saturated carbocycles. The number of nitrogens with zero attached hydrogens (tertiary/aromatic N) is 3. The zero-order valence-corrected chi connectivity index (χ0v) is 20.9. The van der Waals surface area contributed by atoms with E-state index in [1.807, 2.05) is 31.3 Å². The summed E-state index contributed by atoms with van der Waals surface area (Å²) in [5.41, 5.74) is -0.188. The molecule has 0 amide bonds. The lowest BCUT2D eigenvalue weighted by Crippen LogP contribution is -2.48. The van der Waals surface area contributed by atoms with Gasteiger partial charge in [0.2, 0.25) is 0 Å². The van der Waals surface area contributed by atoms with Crippen molar-refractivity contribution in [1.82, 2.24) is 14.5 Å². The molecule has 1 aromatic heterocycles. The van der Waals surface area contributed by atoms with Gasteiger partial charge in [0.15, 0.2) is 11.5 Å². The van der Waals surface area contributed by atoms with Crippen LogP contribution in [0.4, 0.5) is 4.39 Å². The lowest BCUT2D eigenvalue weighted by molar-refractivity contribution is -0.0647. The lowest BCUT2D eigenvalue weighted by atomic mass is 10.1. The van der Waals surface area contributed by atoms with E-state index in [1.54, 1.807) is 25.4 Å². The summed E-state index contributed by atoms with van der Waals surface area (Å²) in [4.78, 5) is 6.36. The lowest BCUT2D eigenvalue weighted by Gasteiger charge is -2.30. The Bertz CT molecular complexity index is 1120. The molecule has 9 heteroatoms. The van der Waals surface area contributed by atoms with Crippen LogP contribution < -0.4 is 14.2 Å². The summed E-state index contributed by atoms with van der Waals surface area (Å²) in [5, 5.41) is 11.2. The summed E-state index contributed by atoms with van der Waals surface area (Å²) < 4.78 is 38.4. The molecule has 36 heavy (non-hydrogen) atoms. The van der Waals surface area contributed by atoms with Crippen LogP contribution in [-0.2, 0) is 17.8 Å². The molecule has 1 atom stereocenters. The minimum absolute atomic E-state index is 0.000314. The van der Waals surface area contributed by atoms with Crippen molar-refractivity contribution < 1.29 is 28.4 Å². The van der Waals surface area contributed by atoms with Crippen LogP contribution in [0, 0.1) is 12.7 Å². The van der Waals surface area contributed by atoms with Crippen molar-refractivity contribution in [1.29, 1.82) is 0 Å². The van der Waals surface area contributed by atoms with E-state index in [4.69, 9.17) is 18.9 Å². The molecule has 4 rings (SSSR count). The summed E-state index contributed by atoms with van der Waals surface area (Å²) >= 11 is 0. The van der Waals surface area contributed by atoms with E-state index >= 15 is 0 Å². The third-order valence-corrected chi connectivity index (χ3v) is 6.10.